The van der Waals surface area contributed by atoms with Gasteiger partial charge in [0, 0.05) is 32.8 Å². The molecule has 0 saturated heterocycles. The zero-order chi connectivity index (χ0) is 19.5. The Morgan fingerprint density at radius 3 is 2.59 bits per heavy atom. The van der Waals surface area contributed by atoms with E-state index in [-0.39, 0.29) is 23.4 Å². The summed E-state index contributed by atoms with van der Waals surface area (Å²) in [6.45, 7) is 0.688. The molecule has 2 heterocycles. The second kappa shape index (κ2) is 7.43. The predicted molar refractivity (Wildman–Crippen MR) is 127 cm³/mol. The second-order valence-electron chi connectivity index (χ2n) is 7.36. The van der Waals surface area contributed by atoms with Crippen molar-refractivity contribution in [2.24, 2.45) is 5.73 Å². The van der Waals surface area contributed by atoms with E-state index in [1.54, 1.807) is 7.11 Å². The Morgan fingerprint density at radius 1 is 1.24 bits per heavy atom. The number of pyridine rings is 1. The molecule has 0 aliphatic heterocycles. The maximum Gasteiger partial charge on any atom is 0.266 e. The van der Waals surface area contributed by atoms with Crippen molar-refractivity contribution >= 4 is 60.7 Å². The lowest BCUT2D eigenvalue weighted by molar-refractivity contribution is 0.416. The summed E-state index contributed by atoms with van der Waals surface area (Å²) in [5, 5.41) is 3.90. The van der Waals surface area contributed by atoms with Crippen LogP contribution in [0.1, 0.15) is 18.4 Å². The molecule has 2 aromatic heterocycles. The highest BCUT2D eigenvalue weighted by atomic mass is 79.9. The molecule has 0 bridgehead atoms. The van der Waals surface area contributed by atoms with Gasteiger partial charge in [0.2, 0.25) is 0 Å². The number of hydrogen-bond donors (Lipinski definition) is 2. The van der Waals surface area contributed by atoms with Gasteiger partial charge in [0.15, 0.2) is 0 Å². The van der Waals surface area contributed by atoms with Gasteiger partial charge in [0.05, 0.1) is 12.6 Å². The van der Waals surface area contributed by atoms with Crippen LogP contribution in [0.3, 0.4) is 0 Å². The summed E-state index contributed by atoms with van der Waals surface area (Å²) in [6.07, 6.45) is 2.31. The van der Waals surface area contributed by atoms with Gasteiger partial charge >= 0.3 is 0 Å². The number of aromatic amines is 1. The molecule has 4 nitrogen and oxygen atoms in total. The monoisotopic (exact) mass is 490 g/mol. The average molecular weight is 492 g/mol. The number of H-pyrrole nitrogens is 1. The summed E-state index contributed by atoms with van der Waals surface area (Å²) in [4.78, 5) is 15.5. The minimum Gasteiger partial charge on any atom is -0.496 e. The fourth-order valence-corrected chi connectivity index (χ4v) is 5.37. The molecule has 1 aliphatic rings. The van der Waals surface area contributed by atoms with Crippen LogP contribution < -0.4 is 16.0 Å². The molecular weight excluding hydrogens is 472 g/mol. The number of aromatic nitrogens is 1. The smallest absolute Gasteiger partial charge is 0.266 e. The van der Waals surface area contributed by atoms with E-state index in [0.717, 1.165) is 55.2 Å². The van der Waals surface area contributed by atoms with Crippen LogP contribution in [0, 0.1) is 0 Å². The van der Waals surface area contributed by atoms with Crippen molar-refractivity contribution in [2.45, 2.75) is 18.3 Å². The normalized spacial score (nSPS) is 14.7. The molecule has 5 rings (SSSR count). The first-order valence-corrected chi connectivity index (χ1v) is 10.9. The Hall–Kier alpha value is -1.86. The van der Waals surface area contributed by atoms with Gasteiger partial charge in [-0.1, -0.05) is 24.3 Å². The largest absolute Gasteiger partial charge is 0.496 e. The van der Waals surface area contributed by atoms with Gasteiger partial charge in [-0.25, -0.2) is 0 Å². The highest BCUT2D eigenvalue weighted by molar-refractivity contribution is 9.10. The number of ether oxygens (including phenoxy) is 1. The number of hydrogen-bond acceptors (Lipinski definition) is 4. The van der Waals surface area contributed by atoms with Gasteiger partial charge in [-0.15, -0.1) is 23.7 Å². The molecule has 4 aromatic rings. The molecule has 3 N–H and O–H groups in total. The van der Waals surface area contributed by atoms with Crippen molar-refractivity contribution in [2.75, 3.05) is 13.7 Å². The predicted octanol–water partition coefficient (Wildman–Crippen LogP) is 5.59. The Bertz CT molecular complexity index is 1280. The standard InChI is InChI=1S/C22H19BrN2O2S.ClH/c1-27-16-10-15(23)19-18(14-6-9-28-20(14)21(26)25-19)17(16)12-2-4-13(5-3-12)22(11-24)7-8-22;/h2-6,9-10H,7-8,11,24H2,1H3,(H,25,26);1H. The maximum absolute atomic E-state index is 12.5. The summed E-state index contributed by atoms with van der Waals surface area (Å²) in [5.41, 5.74) is 10.2. The summed E-state index contributed by atoms with van der Waals surface area (Å²) < 4.78 is 7.27. The van der Waals surface area contributed by atoms with E-state index in [4.69, 9.17) is 10.5 Å². The molecule has 1 aliphatic carbocycles. The molecule has 29 heavy (non-hydrogen) atoms. The van der Waals surface area contributed by atoms with Crippen LogP contribution in [0.5, 0.6) is 5.75 Å². The molecule has 7 heteroatoms. The van der Waals surface area contributed by atoms with Crippen molar-refractivity contribution in [3.8, 4) is 16.9 Å². The molecule has 1 fully saturated rings. The van der Waals surface area contributed by atoms with Gasteiger partial charge in [-0.3, -0.25) is 4.79 Å². The number of nitrogens with two attached hydrogens (primary N) is 1. The average Bonchev–Trinajstić information content (AvgIpc) is 3.36. The highest BCUT2D eigenvalue weighted by Gasteiger charge is 2.42. The van der Waals surface area contributed by atoms with Gasteiger partial charge in [0.1, 0.15) is 10.4 Å². The molecule has 0 radical (unpaired) electrons. The minimum absolute atomic E-state index is 0. The topological polar surface area (TPSA) is 68.1 Å². The zero-order valence-corrected chi connectivity index (χ0v) is 19.0. The number of benzene rings is 2. The van der Waals surface area contributed by atoms with E-state index in [9.17, 15) is 4.79 Å². The number of fused-ring (bicyclic) bond motifs is 3. The summed E-state index contributed by atoms with van der Waals surface area (Å²) in [6, 6.07) is 12.6. The number of halogens is 2. The maximum atomic E-state index is 12.5. The van der Waals surface area contributed by atoms with Crippen LogP contribution in [0.15, 0.2) is 51.0 Å². The first kappa shape index (κ1) is 20.4. The molecule has 0 amide bonds. The third-order valence-corrected chi connectivity index (χ3v) is 7.41. The SMILES string of the molecule is COc1cc(Br)c2[nH]c(=O)c3sccc3c2c1-c1ccc(C2(CN)CC2)cc1.Cl. The van der Waals surface area contributed by atoms with Crippen LogP contribution in [0.2, 0.25) is 0 Å². The van der Waals surface area contributed by atoms with Gasteiger partial charge in [0.25, 0.3) is 5.56 Å². The molecule has 0 spiro atoms. The second-order valence-corrected chi connectivity index (χ2v) is 9.14. The van der Waals surface area contributed by atoms with Crippen LogP contribution in [0.4, 0.5) is 0 Å². The molecule has 2 aromatic carbocycles. The molecule has 1 saturated carbocycles. The Kier molecular flexibility index (Phi) is 5.23. The van der Waals surface area contributed by atoms with E-state index in [1.807, 2.05) is 17.5 Å². The zero-order valence-electron chi connectivity index (χ0n) is 15.8. The fourth-order valence-electron chi connectivity index (χ4n) is 4.07. The number of rotatable bonds is 4. The van der Waals surface area contributed by atoms with Crippen LogP contribution in [-0.2, 0) is 5.41 Å². The van der Waals surface area contributed by atoms with Gasteiger partial charge < -0.3 is 15.5 Å². The molecule has 0 atom stereocenters. The van der Waals surface area contributed by atoms with Crippen molar-refractivity contribution < 1.29 is 4.74 Å². The van der Waals surface area contributed by atoms with Crippen molar-refractivity contribution in [3.05, 3.63) is 62.2 Å². The fraction of sp³-hybridized carbons (Fsp3) is 0.227. The first-order chi connectivity index (χ1) is 13.6. The molecular formula is C22H20BrClN2O2S. The summed E-state index contributed by atoms with van der Waals surface area (Å²) in [5.74, 6) is 0.770. The van der Waals surface area contributed by atoms with E-state index in [2.05, 4.69) is 45.2 Å². The number of nitrogens with one attached hydrogen (secondary N) is 1. The third-order valence-electron chi connectivity index (χ3n) is 5.87. The first-order valence-electron chi connectivity index (χ1n) is 9.18. The molecule has 150 valence electrons. The van der Waals surface area contributed by atoms with Crippen LogP contribution in [0.25, 0.3) is 32.1 Å². The van der Waals surface area contributed by atoms with Gasteiger partial charge in [-0.2, -0.15) is 0 Å². The van der Waals surface area contributed by atoms with Gasteiger partial charge in [-0.05, 0) is 57.4 Å². The summed E-state index contributed by atoms with van der Waals surface area (Å²) in [7, 11) is 1.68. The summed E-state index contributed by atoms with van der Waals surface area (Å²) >= 11 is 5.05. The minimum atomic E-state index is -0.0664. The van der Waals surface area contributed by atoms with Crippen molar-refractivity contribution in [3.63, 3.8) is 0 Å². The lowest BCUT2D eigenvalue weighted by atomic mass is 9.92. The van der Waals surface area contributed by atoms with Crippen molar-refractivity contribution in [1.29, 1.82) is 0 Å². The van der Waals surface area contributed by atoms with Crippen LogP contribution in [-0.4, -0.2) is 18.6 Å². The van der Waals surface area contributed by atoms with Crippen molar-refractivity contribution in [1.82, 2.24) is 4.98 Å². The Morgan fingerprint density at radius 2 is 1.97 bits per heavy atom. The van der Waals surface area contributed by atoms with E-state index >= 15 is 0 Å². The quantitative estimate of drug-likeness (QED) is 0.391. The van der Waals surface area contributed by atoms with E-state index in [1.165, 1.54) is 16.9 Å². The van der Waals surface area contributed by atoms with E-state index in [0.29, 0.717) is 6.54 Å². The van der Waals surface area contributed by atoms with Crippen LogP contribution >= 0.6 is 39.7 Å². The molecule has 0 unspecified atom stereocenters. The van der Waals surface area contributed by atoms with E-state index < -0.39 is 0 Å². The number of thiophene rings is 1. The third kappa shape index (κ3) is 3.10. The lowest BCUT2D eigenvalue weighted by Gasteiger charge is -2.17. The Labute approximate surface area is 186 Å². The lowest BCUT2D eigenvalue weighted by Crippen LogP contribution is -2.19. The highest BCUT2D eigenvalue weighted by Crippen LogP contribution is 2.48. The Balaban J connectivity index is 0.00000205. The number of methoxy groups -OCH3 is 1.